The largest absolute Gasteiger partial charge is 0.465 e. The minimum absolute atomic E-state index is 0.0406. The number of fused-ring (bicyclic) bond motifs is 1. The van der Waals surface area contributed by atoms with Crippen molar-refractivity contribution in [2.24, 2.45) is 4.99 Å². The number of likely N-dealkylation sites (N-methyl/N-ethyl adjacent to an activating group) is 1. The summed E-state index contributed by atoms with van der Waals surface area (Å²) in [7, 11) is 5.24. The fourth-order valence-electron chi connectivity index (χ4n) is 4.21. The number of aliphatic imine (C=N–C) groups is 1. The van der Waals surface area contributed by atoms with E-state index in [-0.39, 0.29) is 11.8 Å². The van der Waals surface area contributed by atoms with Crippen LogP contribution in [0.15, 0.2) is 72.0 Å². The molecule has 1 aliphatic heterocycles. The molecule has 0 radical (unpaired) electrons. The van der Waals surface area contributed by atoms with E-state index in [0.29, 0.717) is 29.2 Å². The van der Waals surface area contributed by atoms with Crippen molar-refractivity contribution in [1.82, 2.24) is 9.88 Å². The molecule has 2 heterocycles. The summed E-state index contributed by atoms with van der Waals surface area (Å²) in [5, 5.41) is 2.87. The Morgan fingerprint density at radius 1 is 1.00 bits per heavy atom. The molecule has 190 valence electrons. The van der Waals surface area contributed by atoms with Crippen molar-refractivity contribution < 1.29 is 19.1 Å². The van der Waals surface area contributed by atoms with Crippen molar-refractivity contribution in [2.45, 2.75) is 12.8 Å². The first kappa shape index (κ1) is 25.7. The van der Waals surface area contributed by atoms with Crippen LogP contribution >= 0.6 is 0 Å². The Labute approximate surface area is 215 Å². The molecule has 1 atom stereocenters. The Hall–Kier alpha value is -4.37. The van der Waals surface area contributed by atoms with Gasteiger partial charge in [-0.3, -0.25) is 19.6 Å². The number of carbonyl (C=O) groups is 3. The second-order valence-corrected chi connectivity index (χ2v) is 8.94. The summed E-state index contributed by atoms with van der Waals surface area (Å²) in [6.45, 7) is 2.85. The highest BCUT2D eigenvalue weighted by atomic mass is 16.5. The lowest BCUT2D eigenvalue weighted by atomic mass is 9.90. The predicted molar refractivity (Wildman–Crippen MR) is 143 cm³/mol. The van der Waals surface area contributed by atoms with E-state index in [9.17, 15) is 14.4 Å². The van der Waals surface area contributed by atoms with E-state index in [2.05, 4.69) is 10.3 Å². The minimum Gasteiger partial charge on any atom is -0.465 e. The predicted octanol–water partition coefficient (Wildman–Crippen LogP) is 3.64. The number of methoxy groups -OCH3 is 1. The molecule has 0 fully saturated rings. The van der Waals surface area contributed by atoms with Gasteiger partial charge in [-0.1, -0.05) is 6.07 Å². The molecule has 1 unspecified atom stereocenters. The molecular formula is C28H29N5O4. The quantitative estimate of drug-likeness (QED) is 0.375. The van der Waals surface area contributed by atoms with Gasteiger partial charge in [-0.05, 0) is 68.2 Å². The maximum absolute atomic E-state index is 13.2. The van der Waals surface area contributed by atoms with Gasteiger partial charge < -0.3 is 19.9 Å². The molecule has 0 saturated carbocycles. The van der Waals surface area contributed by atoms with Gasteiger partial charge in [0.15, 0.2) is 0 Å². The number of anilines is 2. The molecule has 3 aromatic rings. The van der Waals surface area contributed by atoms with E-state index in [1.165, 1.54) is 7.11 Å². The van der Waals surface area contributed by atoms with Crippen molar-refractivity contribution in [3.8, 4) is 0 Å². The SMILES string of the molecule is COC(=O)c1ccc2c(c1)NC(=O)C2C(=Nc1ccc(N(CCN(C)C)C(C)=O)cc1)c1ccncc1. The number of benzene rings is 2. The van der Waals surface area contributed by atoms with Gasteiger partial charge in [0.05, 0.1) is 24.1 Å². The van der Waals surface area contributed by atoms with Crippen molar-refractivity contribution in [3.05, 3.63) is 83.7 Å². The van der Waals surface area contributed by atoms with Crippen LogP contribution in [0.2, 0.25) is 0 Å². The third-order valence-electron chi connectivity index (χ3n) is 6.12. The zero-order chi connectivity index (χ0) is 26.5. The lowest BCUT2D eigenvalue weighted by Gasteiger charge is -2.23. The van der Waals surface area contributed by atoms with Crippen molar-refractivity contribution in [1.29, 1.82) is 0 Å². The topological polar surface area (TPSA) is 104 Å². The molecule has 9 nitrogen and oxygen atoms in total. The molecular weight excluding hydrogens is 470 g/mol. The van der Waals surface area contributed by atoms with Gasteiger partial charge in [0.2, 0.25) is 11.8 Å². The molecule has 0 aliphatic carbocycles. The molecule has 37 heavy (non-hydrogen) atoms. The van der Waals surface area contributed by atoms with Crippen molar-refractivity contribution in [3.63, 3.8) is 0 Å². The number of esters is 1. The van der Waals surface area contributed by atoms with Crippen LogP contribution in [0.25, 0.3) is 0 Å². The van der Waals surface area contributed by atoms with Gasteiger partial charge in [-0.25, -0.2) is 4.79 Å². The van der Waals surface area contributed by atoms with E-state index >= 15 is 0 Å². The Balaban J connectivity index is 1.72. The number of aromatic nitrogens is 1. The summed E-state index contributed by atoms with van der Waals surface area (Å²) in [4.78, 5) is 50.1. The molecule has 1 aromatic heterocycles. The fraction of sp³-hybridized carbons (Fsp3) is 0.250. The number of nitrogens with zero attached hydrogens (tertiary/aromatic N) is 4. The summed E-state index contributed by atoms with van der Waals surface area (Å²) in [6, 6.07) is 16.0. The van der Waals surface area contributed by atoms with E-state index < -0.39 is 11.9 Å². The second-order valence-electron chi connectivity index (χ2n) is 8.94. The van der Waals surface area contributed by atoms with E-state index in [4.69, 9.17) is 9.73 Å². The molecule has 0 bridgehead atoms. The third kappa shape index (κ3) is 5.73. The summed E-state index contributed by atoms with van der Waals surface area (Å²) >= 11 is 0. The summed E-state index contributed by atoms with van der Waals surface area (Å²) in [5.41, 5.74) is 4.33. The molecule has 9 heteroatoms. The van der Waals surface area contributed by atoms with Gasteiger partial charge in [-0.2, -0.15) is 0 Å². The van der Waals surface area contributed by atoms with Crippen LogP contribution in [0.5, 0.6) is 0 Å². The van der Waals surface area contributed by atoms with Crippen LogP contribution in [-0.2, 0) is 14.3 Å². The molecule has 1 aliphatic rings. The first-order valence-corrected chi connectivity index (χ1v) is 11.8. The Bertz CT molecular complexity index is 1340. The standard InChI is InChI=1S/C28H29N5O4/c1-18(34)33(16-15-32(2)3)22-8-6-21(7-9-22)30-26(19-11-13-29-14-12-19)25-23-10-5-20(28(36)37-4)17-24(23)31-27(25)35/h5-14,17,25H,15-16H2,1-4H3,(H,31,35). The first-order chi connectivity index (χ1) is 17.8. The van der Waals surface area contributed by atoms with Gasteiger partial charge in [0.25, 0.3) is 0 Å². The molecule has 2 amide bonds. The third-order valence-corrected chi connectivity index (χ3v) is 6.12. The maximum atomic E-state index is 13.2. The van der Waals surface area contributed by atoms with Crippen LogP contribution in [0.4, 0.5) is 17.1 Å². The highest BCUT2D eigenvalue weighted by molar-refractivity contribution is 6.24. The Morgan fingerprint density at radius 2 is 1.70 bits per heavy atom. The summed E-state index contributed by atoms with van der Waals surface area (Å²) < 4.78 is 4.80. The number of ether oxygens (including phenoxy) is 1. The van der Waals surface area contributed by atoms with E-state index in [0.717, 1.165) is 23.4 Å². The number of carbonyl (C=O) groups excluding carboxylic acids is 3. The van der Waals surface area contributed by atoms with Gasteiger partial charge >= 0.3 is 5.97 Å². The van der Waals surface area contributed by atoms with Crippen LogP contribution < -0.4 is 10.2 Å². The van der Waals surface area contributed by atoms with E-state index in [1.807, 2.05) is 43.3 Å². The molecule has 2 aromatic carbocycles. The van der Waals surface area contributed by atoms with E-state index in [1.54, 1.807) is 54.5 Å². The van der Waals surface area contributed by atoms with Crippen LogP contribution in [0.1, 0.15) is 34.3 Å². The van der Waals surface area contributed by atoms with Crippen molar-refractivity contribution >= 4 is 40.6 Å². The maximum Gasteiger partial charge on any atom is 0.337 e. The van der Waals surface area contributed by atoms with Gasteiger partial charge in [0, 0.05) is 49.3 Å². The zero-order valence-corrected chi connectivity index (χ0v) is 21.3. The normalized spacial score (nSPS) is 14.8. The monoisotopic (exact) mass is 499 g/mol. The number of amides is 2. The number of hydrogen-bond acceptors (Lipinski definition) is 7. The highest BCUT2D eigenvalue weighted by Crippen LogP contribution is 2.37. The number of pyridine rings is 1. The molecule has 1 N–H and O–H groups in total. The molecule has 0 saturated heterocycles. The summed E-state index contributed by atoms with van der Waals surface area (Å²) in [5.74, 6) is -1.44. The number of nitrogens with one attached hydrogen (secondary N) is 1. The average molecular weight is 500 g/mol. The van der Waals surface area contributed by atoms with Crippen LogP contribution in [0, 0.1) is 0 Å². The minimum atomic E-state index is -0.683. The van der Waals surface area contributed by atoms with Crippen molar-refractivity contribution in [2.75, 3.05) is 44.5 Å². The van der Waals surface area contributed by atoms with Crippen LogP contribution in [0.3, 0.4) is 0 Å². The number of rotatable bonds is 8. The lowest BCUT2D eigenvalue weighted by molar-refractivity contribution is -0.117. The number of hydrogen-bond donors (Lipinski definition) is 1. The van der Waals surface area contributed by atoms with Gasteiger partial charge in [0.1, 0.15) is 5.92 Å². The highest BCUT2D eigenvalue weighted by Gasteiger charge is 2.36. The molecule has 0 spiro atoms. The summed E-state index contributed by atoms with van der Waals surface area (Å²) in [6.07, 6.45) is 3.30. The Kier molecular flexibility index (Phi) is 7.74. The molecule has 4 rings (SSSR count). The average Bonchev–Trinajstić information content (AvgIpc) is 3.22. The second kappa shape index (κ2) is 11.1. The Morgan fingerprint density at radius 3 is 2.32 bits per heavy atom. The van der Waals surface area contributed by atoms with Gasteiger partial charge in [-0.15, -0.1) is 0 Å². The zero-order valence-electron chi connectivity index (χ0n) is 21.3. The lowest BCUT2D eigenvalue weighted by Crippen LogP contribution is -2.35. The first-order valence-electron chi connectivity index (χ1n) is 11.8. The van der Waals surface area contributed by atoms with Crippen LogP contribution in [-0.4, -0.2) is 67.7 Å². The fourth-order valence-corrected chi connectivity index (χ4v) is 4.21. The smallest absolute Gasteiger partial charge is 0.337 e.